The second-order valence-electron chi connectivity index (χ2n) is 2.45. The predicted octanol–water partition coefficient (Wildman–Crippen LogP) is 0.300. The molecule has 64 valence electrons. The molecule has 0 radical (unpaired) electrons. The summed E-state index contributed by atoms with van der Waals surface area (Å²) in [5.41, 5.74) is 6.90. The van der Waals surface area contributed by atoms with Crippen LogP contribution < -0.4 is 11.1 Å². The van der Waals surface area contributed by atoms with Gasteiger partial charge in [-0.15, -0.1) is 0 Å². The van der Waals surface area contributed by atoms with Gasteiger partial charge < -0.3 is 11.1 Å². The topological polar surface area (TPSA) is 68.0 Å². The van der Waals surface area contributed by atoms with Gasteiger partial charge in [0.1, 0.15) is 0 Å². The maximum atomic E-state index is 10.5. The van der Waals surface area contributed by atoms with Crippen molar-refractivity contribution in [3.05, 3.63) is 24.0 Å². The zero-order valence-corrected chi connectivity index (χ0v) is 6.87. The Kier molecular flexibility index (Phi) is 2.63. The Balaban J connectivity index is 2.63. The number of hydrogen-bond donors (Lipinski definition) is 2. The Morgan fingerprint density at radius 3 is 3.08 bits per heavy atom. The number of carbonyl (C=O) groups excluding carboxylic acids is 1. The van der Waals surface area contributed by atoms with Crippen LogP contribution in [0.5, 0.6) is 0 Å². The molecular weight excluding hydrogens is 154 g/mol. The molecule has 0 aromatic carbocycles. The second kappa shape index (κ2) is 3.71. The SMILES string of the molecule is CC(=O)NCc1ncccc1N. The molecule has 0 unspecified atom stereocenters. The summed E-state index contributed by atoms with van der Waals surface area (Å²) in [4.78, 5) is 14.6. The highest BCUT2D eigenvalue weighted by Gasteiger charge is 1.98. The van der Waals surface area contributed by atoms with E-state index in [1.54, 1.807) is 18.3 Å². The third kappa shape index (κ3) is 2.23. The van der Waals surface area contributed by atoms with Crippen molar-refractivity contribution in [2.75, 3.05) is 5.73 Å². The third-order valence-electron chi connectivity index (χ3n) is 1.43. The van der Waals surface area contributed by atoms with Crippen molar-refractivity contribution in [2.45, 2.75) is 13.5 Å². The van der Waals surface area contributed by atoms with Crippen molar-refractivity contribution in [3.63, 3.8) is 0 Å². The highest BCUT2D eigenvalue weighted by molar-refractivity contribution is 5.72. The number of aromatic nitrogens is 1. The first-order valence-corrected chi connectivity index (χ1v) is 3.64. The molecule has 0 aliphatic carbocycles. The standard InChI is InChI=1S/C8H11N3O/c1-6(12)11-5-8-7(9)3-2-4-10-8/h2-4H,5,9H2,1H3,(H,11,12). The molecule has 0 bridgehead atoms. The van der Waals surface area contributed by atoms with E-state index in [2.05, 4.69) is 10.3 Å². The molecule has 1 heterocycles. The average Bonchev–Trinajstić information content (AvgIpc) is 2.03. The zero-order valence-electron chi connectivity index (χ0n) is 6.87. The van der Waals surface area contributed by atoms with E-state index < -0.39 is 0 Å². The molecule has 1 rings (SSSR count). The number of nitrogens with one attached hydrogen (secondary N) is 1. The van der Waals surface area contributed by atoms with Crippen molar-refractivity contribution < 1.29 is 4.79 Å². The van der Waals surface area contributed by atoms with Gasteiger partial charge in [-0.2, -0.15) is 0 Å². The van der Waals surface area contributed by atoms with Gasteiger partial charge in [0.25, 0.3) is 0 Å². The quantitative estimate of drug-likeness (QED) is 0.662. The summed E-state index contributed by atoms with van der Waals surface area (Å²) in [5.74, 6) is -0.0833. The Morgan fingerprint density at radius 1 is 1.75 bits per heavy atom. The average molecular weight is 165 g/mol. The number of amides is 1. The molecule has 3 N–H and O–H groups in total. The monoisotopic (exact) mass is 165 g/mol. The van der Waals surface area contributed by atoms with E-state index in [9.17, 15) is 4.79 Å². The number of nitrogen functional groups attached to an aromatic ring is 1. The van der Waals surface area contributed by atoms with Gasteiger partial charge in [-0.05, 0) is 12.1 Å². The molecule has 0 aliphatic heterocycles. The maximum absolute atomic E-state index is 10.5. The van der Waals surface area contributed by atoms with Crippen molar-refractivity contribution in [1.29, 1.82) is 0 Å². The fraction of sp³-hybridized carbons (Fsp3) is 0.250. The van der Waals surface area contributed by atoms with Crippen LogP contribution in [0, 0.1) is 0 Å². The van der Waals surface area contributed by atoms with Gasteiger partial charge in [0.05, 0.1) is 17.9 Å². The number of nitrogens with two attached hydrogens (primary N) is 1. The molecule has 0 fully saturated rings. The Hall–Kier alpha value is -1.58. The summed E-state index contributed by atoms with van der Waals surface area (Å²) in [6, 6.07) is 3.51. The lowest BCUT2D eigenvalue weighted by atomic mass is 10.3. The lowest BCUT2D eigenvalue weighted by Gasteiger charge is -2.03. The third-order valence-corrected chi connectivity index (χ3v) is 1.43. The van der Waals surface area contributed by atoms with Gasteiger partial charge in [-0.25, -0.2) is 0 Å². The smallest absolute Gasteiger partial charge is 0.217 e. The first kappa shape index (κ1) is 8.52. The number of pyridine rings is 1. The maximum Gasteiger partial charge on any atom is 0.217 e. The molecule has 12 heavy (non-hydrogen) atoms. The van der Waals surface area contributed by atoms with Crippen molar-refractivity contribution >= 4 is 11.6 Å². The molecule has 1 amide bonds. The molecule has 0 aliphatic rings. The largest absolute Gasteiger partial charge is 0.397 e. The number of carbonyl (C=O) groups is 1. The Morgan fingerprint density at radius 2 is 2.50 bits per heavy atom. The van der Waals surface area contributed by atoms with Crippen LogP contribution in [0.4, 0.5) is 5.69 Å². The van der Waals surface area contributed by atoms with Crippen LogP contribution in [0.25, 0.3) is 0 Å². The van der Waals surface area contributed by atoms with Crippen molar-refractivity contribution in [2.24, 2.45) is 0 Å². The van der Waals surface area contributed by atoms with Crippen LogP contribution in [-0.4, -0.2) is 10.9 Å². The van der Waals surface area contributed by atoms with Crippen LogP contribution in [0.15, 0.2) is 18.3 Å². The molecular formula is C8H11N3O. The summed E-state index contributed by atoms with van der Waals surface area (Å²) in [6.45, 7) is 1.85. The van der Waals surface area contributed by atoms with E-state index >= 15 is 0 Å². The van der Waals surface area contributed by atoms with E-state index in [1.807, 2.05) is 0 Å². The minimum atomic E-state index is -0.0833. The van der Waals surface area contributed by atoms with Gasteiger partial charge in [0.15, 0.2) is 0 Å². The molecule has 1 aromatic rings. The van der Waals surface area contributed by atoms with Gasteiger partial charge in [-0.1, -0.05) is 0 Å². The van der Waals surface area contributed by atoms with Gasteiger partial charge in [0, 0.05) is 13.1 Å². The highest BCUT2D eigenvalue weighted by Crippen LogP contribution is 2.05. The van der Waals surface area contributed by atoms with Crippen molar-refractivity contribution in [3.8, 4) is 0 Å². The molecule has 0 atom stereocenters. The van der Waals surface area contributed by atoms with Crippen molar-refractivity contribution in [1.82, 2.24) is 10.3 Å². The lowest BCUT2D eigenvalue weighted by Crippen LogP contribution is -2.20. The highest BCUT2D eigenvalue weighted by atomic mass is 16.1. The minimum Gasteiger partial charge on any atom is -0.397 e. The normalized spacial score (nSPS) is 9.42. The van der Waals surface area contributed by atoms with Crippen LogP contribution in [-0.2, 0) is 11.3 Å². The molecule has 0 saturated carbocycles. The Labute approximate surface area is 70.8 Å². The van der Waals surface area contributed by atoms with E-state index in [1.165, 1.54) is 6.92 Å². The van der Waals surface area contributed by atoms with E-state index in [4.69, 9.17) is 5.73 Å². The molecule has 0 saturated heterocycles. The first-order valence-electron chi connectivity index (χ1n) is 3.64. The number of hydrogen-bond acceptors (Lipinski definition) is 3. The summed E-state index contributed by atoms with van der Waals surface area (Å²) >= 11 is 0. The number of anilines is 1. The van der Waals surface area contributed by atoms with Crippen LogP contribution in [0.3, 0.4) is 0 Å². The first-order chi connectivity index (χ1) is 5.70. The molecule has 4 nitrogen and oxygen atoms in total. The van der Waals surface area contributed by atoms with Crippen LogP contribution >= 0.6 is 0 Å². The summed E-state index contributed by atoms with van der Waals surface area (Å²) in [5, 5.41) is 2.62. The van der Waals surface area contributed by atoms with Gasteiger partial charge >= 0.3 is 0 Å². The van der Waals surface area contributed by atoms with Gasteiger partial charge in [0.2, 0.25) is 5.91 Å². The Bertz CT molecular complexity index is 285. The second-order valence-corrected chi connectivity index (χ2v) is 2.45. The predicted molar refractivity (Wildman–Crippen MR) is 46.2 cm³/mol. The fourth-order valence-electron chi connectivity index (χ4n) is 0.806. The molecule has 0 spiro atoms. The van der Waals surface area contributed by atoms with E-state index in [0.717, 1.165) is 0 Å². The number of rotatable bonds is 2. The van der Waals surface area contributed by atoms with E-state index in [0.29, 0.717) is 17.9 Å². The molecule has 1 aromatic heterocycles. The zero-order chi connectivity index (χ0) is 8.97. The van der Waals surface area contributed by atoms with Crippen LogP contribution in [0.1, 0.15) is 12.6 Å². The summed E-state index contributed by atoms with van der Waals surface area (Å²) < 4.78 is 0. The summed E-state index contributed by atoms with van der Waals surface area (Å²) in [6.07, 6.45) is 1.65. The van der Waals surface area contributed by atoms with Crippen LogP contribution in [0.2, 0.25) is 0 Å². The number of nitrogens with zero attached hydrogens (tertiary/aromatic N) is 1. The molecule has 4 heteroatoms. The fourth-order valence-corrected chi connectivity index (χ4v) is 0.806. The summed E-state index contributed by atoms with van der Waals surface area (Å²) in [7, 11) is 0. The van der Waals surface area contributed by atoms with E-state index in [-0.39, 0.29) is 5.91 Å². The lowest BCUT2D eigenvalue weighted by molar-refractivity contribution is -0.119. The van der Waals surface area contributed by atoms with Gasteiger partial charge in [-0.3, -0.25) is 9.78 Å². The minimum absolute atomic E-state index is 0.0833.